The highest BCUT2D eigenvalue weighted by molar-refractivity contribution is 5.97. The predicted octanol–water partition coefficient (Wildman–Crippen LogP) is 6.35. The van der Waals surface area contributed by atoms with E-state index < -0.39 is 11.7 Å². The number of H-pyrrole nitrogens is 2. The predicted molar refractivity (Wildman–Crippen MR) is 142 cm³/mol. The monoisotopic (exact) mass is 543 g/mol. The van der Waals surface area contributed by atoms with Gasteiger partial charge in [0.15, 0.2) is 11.5 Å². The maximum atomic E-state index is 15.2. The molecule has 40 heavy (non-hydrogen) atoms. The summed E-state index contributed by atoms with van der Waals surface area (Å²) in [7, 11) is 0. The van der Waals surface area contributed by atoms with Crippen molar-refractivity contribution in [1.29, 1.82) is 0 Å². The van der Waals surface area contributed by atoms with E-state index in [2.05, 4.69) is 30.1 Å². The maximum absolute atomic E-state index is 15.2. The van der Waals surface area contributed by atoms with Crippen molar-refractivity contribution in [2.75, 3.05) is 13.1 Å². The van der Waals surface area contributed by atoms with Gasteiger partial charge in [-0.2, -0.15) is 5.10 Å². The van der Waals surface area contributed by atoms with E-state index in [4.69, 9.17) is 0 Å². The molecule has 0 atom stereocenters. The zero-order chi connectivity index (χ0) is 27.4. The van der Waals surface area contributed by atoms with E-state index in [0.717, 1.165) is 16.7 Å². The van der Waals surface area contributed by atoms with E-state index >= 15 is 4.39 Å². The van der Waals surface area contributed by atoms with Gasteiger partial charge < -0.3 is 4.98 Å². The summed E-state index contributed by atoms with van der Waals surface area (Å²) < 4.78 is 56.0. The van der Waals surface area contributed by atoms with Crippen LogP contribution in [0.1, 0.15) is 12.0 Å². The van der Waals surface area contributed by atoms with Gasteiger partial charge in [-0.25, -0.2) is 27.5 Å². The Labute approximate surface area is 224 Å². The highest BCUT2D eigenvalue weighted by atomic mass is 19.3. The van der Waals surface area contributed by atoms with Crippen molar-refractivity contribution >= 4 is 22.1 Å². The van der Waals surface area contributed by atoms with E-state index in [1.54, 1.807) is 47.8 Å². The molecular weight excluding hydrogens is 522 g/mol. The summed E-state index contributed by atoms with van der Waals surface area (Å²) in [6, 6.07) is 12.8. The molecule has 1 aliphatic heterocycles. The van der Waals surface area contributed by atoms with Gasteiger partial charge in [-0.3, -0.25) is 15.0 Å². The van der Waals surface area contributed by atoms with Gasteiger partial charge in [0.25, 0.3) is 5.92 Å². The number of benzene rings is 2. The quantitative estimate of drug-likeness (QED) is 0.248. The van der Waals surface area contributed by atoms with Crippen molar-refractivity contribution in [3.63, 3.8) is 0 Å². The number of hydrogen-bond acceptors (Lipinski definition) is 5. The van der Waals surface area contributed by atoms with E-state index in [1.807, 2.05) is 6.07 Å². The fourth-order valence-corrected chi connectivity index (χ4v) is 5.25. The molecule has 0 amide bonds. The summed E-state index contributed by atoms with van der Waals surface area (Å²) in [5, 5.41) is 7.89. The first kappa shape index (κ1) is 24.4. The molecule has 6 aromatic rings. The number of aromatic amines is 2. The number of pyridine rings is 2. The van der Waals surface area contributed by atoms with Gasteiger partial charge in [0.05, 0.1) is 17.6 Å². The number of fused-ring (bicyclic) bond motifs is 2. The van der Waals surface area contributed by atoms with Crippen molar-refractivity contribution in [3.05, 3.63) is 84.3 Å². The number of nitrogens with zero attached hydrogens (tertiary/aromatic N) is 5. The van der Waals surface area contributed by atoms with Crippen LogP contribution in [0.25, 0.3) is 55.8 Å². The molecule has 11 heteroatoms. The van der Waals surface area contributed by atoms with Crippen molar-refractivity contribution in [1.82, 2.24) is 35.0 Å². The fraction of sp³-hybridized carbons (Fsp3) is 0.172. The Bertz CT molecular complexity index is 1880. The molecule has 0 radical (unpaired) electrons. The largest absolute Gasteiger partial charge is 0.335 e. The summed E-state index contributed by atoms with van der Waals surface area (Å²) in [5.74, 6) is -3.06. The zero-order valence-electron chi connectivity index (χ0n) is 20.9. The third-order valence-corrected chi connectivity index (χ3v) is 7.18. The standard InChI is InChI=1S/C29H21F4N7/c30-19-3-1-17(2-4-19)20-5-7-35-27-25(20)36-28(37-27)26-22-10-21(23(31)11-24(22)38-39-26)18-9-16(12-34-13-18)14-40-8-6-29(32,33)15-40/h1-5,7,9-13H,6,8,14-15H2,(H,38,39)(H,35,36,37). The lowest BCUT2D eigenvalue weighted by Gasteiger charge is -2.16. The number of rotatable bonds is 5. The van der Waals surface area contributed by atoms with Gasteiger partial charge in [-0.1, -0.05) is 12.1 Å². The van der Waals surface area contributed by atoms with Crippen LogP contribution in [-0.2, 0) is 6.54 Å². The van der Waals surface area contributed by atoms with Crippen LogP contribution >= 0.6 is 0 Å². The Morgan fingerprint density at radius 1 is 0.950 bits per heavy atom. The second kappa shape index (κ2) is 9.23. The first-order valence-corrected chi connectivity index (χ1v) is 12.7. The molecule has 0 spiro atoms. The number of hydrogen-bond donors (Lipinski definition) is 2. The molecular formula is C29H21F4N7. The van der Waals surface area contributed by atoms with Crippen LogP contribution in [0.3, 0.4) is 0 Å². The van der Waals surface area contributed by atoms with Crippen LogP contribution in [0.2, 0.25) is 0 Å². The van der Waals surface area contributed by atoms with Crippen molar-refractivity contribution in [2.45, 2.75) is 18.9 Å². The lowest BCUT2D eigenvalue weighted by atomic mass is 10.0. The van der Waals surface area contributed by atoms with Crippen molar-refractivity contribution in [2.24, 2.45) is 0 Å². The molecule has 7 nitrogen and oxygen atoms in total. The summed E-state index contributed by atoms with van der Waals surface area (Å²) in [6.07, 6.45) is 4.62. The van der Waals surface area contributed by atoms with Gasteiger partial charge >= 0.3 is 0 Å². The maximum Gasteiger partial charge on any atom is 0.261 e. The van der Waals surface area contributed by atoms with E-state index in [0.29, 0.717) is 57.8 Å². The Kier molecular flexibility index (Phi) is 5.63. The Morgan fingerprint density at radius 2 is 1.80 bits per heavy atom. The summed E-state index contributed by atoms with van der Waals surface area (Å²) >= 11 is 0. The molecule has 1 aliphatic rings. The molecule has 0 bridgehead atoms. The first-order chi connectivity index (χ1) is 19.3. The number of nitrogens with one attached hydrogen (secondary N) is 2. The van der Waals surface area contributed by atoms with E-state index in [9.17, 15) is 13.2 Å². The van der Waals surface area contributed by atoms with Crippen molar-refractivity contribution < 1.29 is 17.6 Å². The van der Waals surface area contributed by atoms with Crippen LogP contribution in [0, 0.1) is 11.6 Å². The van der Waals surface area contributed by atoms with E-state index in [1.165, 1.54) is 18.2 Å². The van der Waals surface area contributed by atoms with Gasteiger partial charge in [0, 0.05) is 66.2 Å². The summed E-state index contributed by atoms with van der Waals surface area (Å²) in [5.41, 5.74) is 5.22. The summed E-state index contributed by atoms with van der Waals surface area (Å²) in [6.45, 7) is 0.302. The normalized spacial score (nSPS) is 15.4. The van der Waals surface area contributed by atoms with Crippen LogP contribution in [0.4, 0.5) is 17.6 Å². The third kappa shape index (κ3) is 4.37. The molecule has 200 valence electrons. The molecule has 0 aliphatic carbocycles. The topological polar surface area (TPSA) is 86.4 Å². The van der Waals surface area contributed by atoms with Gasteiger partial charge in [0.1, 0.15) is 17.3 Å². The van der Waals surface area contributed by atoms with Gasteiger partial charge in [0.2, 0.25) is 0 Å². The van der Waals surface area contributed by atoms with Crippen molar-refractivity contribution in [3.8, 4) is 33.8 Å². The van der Waals surface area contributed by atoms with Crippen LogP contribution < -0.4 is 0 Å². The molecule has 5 heterocycles. The molecule has 2 aromatic carbocycles. The Hall–Kier alpha value is -4.64. The Balaban J connectivity index is 1.27. The molecule has 4 aromatic heterocycles. The van der Waals surface area contributed by atoms with Crippen LogP contribution in [0.15, 0.2) is 67.1 Å². The molecule has 7 rings (SSSR count). The van der Waals surface area contributed by atoms with Gasteiger partial charge in [-0.15, -0.1) is 0 Å². The minimum absolute atomic E-state index is 0.169. The SMILES string of the molecule is Fc1ccc(-c2ccnc3nc(-c4n[nH]c5cc(F)c(-c6cncc(CN7CCC(F)(F)C7)c6)cc45)[nH]c23)cc1. The van der Waals surface area contributed by atoms with Gasteiger partial charge in [-0.05, 0) is 41.5 Å². The smallest absolute Gasteiger partial charge is 0.261 e. The minimum Gasteiger partial charge on any atom is -0.335 e. The average molecular weight is 544 g/mol. The first-order valence-electron chi connectivity index (χ1n) is 12.7. The second-order valence-electron chi connectivity index (χ2n) is 10.00. The Morgan fingerprint density at radius 3 is 2.60 bits per heavy atom. The number of likely N-dealkylation sites (tertiary alicyclic amines) is 1. The number of halogens is 4. The molecule has 1 fully saturated rings. The average Bonchev–Trinajstić information content (AvgIpc) is 3.64. The highest BCUT2D eigenvalue weighted by Gasteiger charge is 2.38. The minimum atomic E-state index is -2.69. The second-order valence-corrected chi connectivity index (χ2v) is 10.00. The highest BCUT2D eigenvalue weighted by Crippen LogP contribution is 2.34. The fourth-order valence-electron chi connectivity index (χ4n) is 5.25. The summed E-state index contributed by atoms with van der Waals surface area (Å²) in [4.78, 5) is 18.2. The lowest BCUT2D eigenvalue weighted by Crippen LogP contribution is -2.24. The number of aromatic nitrogens is 6. The molecule has 0 saturated carbocycles. The molecule has 2 N–H and O–H groups in total. The third-order valence-electron chi connectivity index (χ3n) is 7.18. The number of alkyl halides is 2. The lowest BCUT2D eigenvalue weighted by molar-refractivity contribution is 0.0115. The molecule has 1 saturated heterocycles. The number of imidazole rings is 1. The van der Waals surface area contributed by atoms with E-state index in [-0.39, 0.29) is 18.8 Å². The zero-order valence-corrected chi connectivity index (χ0v) is 20.9. The van der Waals surface area contributed by atoms with Crippen LogP contribution in [0.5, 0.6) is 0 Å². The molecule has 0 unspecified atom stereocenters. The van der Waals surface area contributed by atoms with Crippen LogP contribution in [-0.4, -0.2) is 54.0 Å².